The third-order valence-corrected chi connectivity index (χ3v) is 2.46. The van der Waals surface area contributed by atoms with Crippen molar-refractivity contribution in [3.05, 3.63) is 29.8 Å². The molecule has 4 heteroatoms. The Morgan fingerprint density at radius 3 is 2.62 bits per heavy atom. The van der Waals surface area contributed by atoms with Crippen LogP contribution in [-0.4, -0.2) is 36.6 Å². The Morgan fingerprint density at radius 2 is 2.06 bits per heavy atom. The molecular formula is C12H18N2O2. The highest BCUT2D eigenvalue weighted by atomic mass is 16.3. The van der Waals surface area contributed by atoms with E-state index >= 15 is 0 Å². The van der Waals surface area contributed by atoms with Crippen molar-refractivity contribution in [3.63, 3.8) is 0 Å². The molecular weight excluding hydrogens is 204 g/mol. The molecule has 1 atom stereocenters. The number of amides is 1. The molecule has 1 aromatic rings. The molecule has 2 N–H and O–H groups in total. The SMILES string of the molecule is CC(NCC(=O)N(C)C)c1ccccc1O. The molecule has 16 heavy (non-hydrogen) atoms. The number of rotatable bonds is 4. The lowest BCUT2D eigenvalue weighted by Crippen LogP contribution is -2.34. The Bertz CT molecular complexity index is 364. The van der Waals surface area contributed by atoms with Crippen LogP contribution >= 0.6 is 0 Å². The van der Waals surface area contributed by atoms with Crippen molar-refractivity contribution in [1.29, 1.82) is 0 Å². The van der Waals surface area contributed by atoms with Gasteiger partial charge in [0.05, 0.1) is 6.54 Å². The van der Waals surface area contributed by atoms with Gasteiger partial charge in [0.25, 0.3) is 0 Å². The first kappa shape index (κ1) is 12.5. The first-order valence-corrected chi connectivity index (χ1v) is 5.23. The van der Waals surface area contributed by atoms with E-state index in [-0.39, 0.29) is 24.2 Å². The fourth-order valence-corrected chi connectivity index (χ4v) is 1.36. The molecule has 0 aliphatic carbocycles. The van der Waals surface area contributed by atoms with Crippen LogP contribution in [0, 0.1) is 0 Å². The highest BCUT2D eigenvalue weighted by molar-refractivity contribution is 5.77. The van der Waals surface area contributed by atoms with Crippen LogP contribution in [0.25, 0.3) is 0 Å². The number of hydrogen-bond acceptors (Lipinski definition) is 3. The van der Waals surface area contributed by atoms with E-state index in [1.165, 1.54) is 4.90 Å². The van der Waals surface area contributed by atoms with Crippen molar-refractivity contribution in [2.24, 2.45) is 0 Å². The van der Waals surface area contributed by atoms with Gasteiger partial charge in [-0.3, -0.25) is 4.79 Å². The van der Waals surface area contributed by atoms with Gasteiger partial charge in [-0.2, -0.15) is 0 Å². The van der Waals surface area contributed by atoms with E-state index in [1.54, 1.807) is 26.2 Å². The van der Waals surface area contributed by atoms with Crippen molar-refractivity contribution < 1.29 is 9.90 Å². The van der Waals surface area contributed by atoms with Gasteiger partial charge in [0.1, 0.15) is 5.75 Å². The molecule has 0 aromatic heterocycles. The average Bonchev–Trinajstić information content (AvgIpc) is 2.25. The van der Waals surface area contributed by atoms with E-state index in [1.807, 2.05) is 19.1 Å². The smallest absolute Gasteiger partial charge is 0.236 e. The first-order chi connectivity index (χ1) is 7.52. The molecule has 1 aromatic carbocycles. The summed E-state index contributed by atoms with van der Waals surface area (Å²) in [5, 5.41) is 12.7. The minimum atomic E-state index is -0.0508. The fraction of sp³-hybridized carbons (Fsp3) is 0.417. The van der Waals surface area contributed by atoms with E-state index in [9.17, 15) is 9.90 Å². The zero-order valence-corrected chi connectivity index (χ0v) is 9.90. The van der Waals surface area contributed by atoms with Gasteiger partial charge in [-0.1, -0.05) is 18.2 Å². The van der Waals surface area contributed by atoms with Crippen LogP contribution in [0.2, 0.25) is 0 Å². The van der Waals surface area contributed by atoms with Gasteiger partial charge in [-0.15, -0.1) is 0 Å². The second-order valence-electron chi connectivity index (χ2n) is 3.95. The number of carbonyl (C=O) groups is 1. The summed E-state index contributed by atoms with van der Waals surface area (Å²) >= 11 is 0. The monoisotopic (exact) mass is 222 g/mol. The van der Waals surface area contributed by atoms with Gasteiger partial charge in [0, 0.05) is 25.7 Å². The Hall–Kier alpha value is -1.55. The summed E-state index contributed by atoms with van der Waals surface area (Å²) < 4.78 is 0. The number of phenols is 1. The molecule has 0 saturated carbocycles. The van der Waals surface area contributed by atoms with Crippen LogP contribution < -0.4 is 5.32 Å². The summed E-state index contributed by atoms with van der Waals surface area (Å²) in [7, 11) is 3.43. The maximum atomic E-state index is 11.4. The minimum absolute atomic E-state index is 0.0160. The summed E-state index contributed by atoms with van der Waals surface area (Å²) in [6.45, 7) is 2.18. The molecule has 0 saturated heterocycles. The summed E-state index contributed by atoms with van der Waals surface area (Å²) in [6, 6.07) is 7.07. The summed E-state index contributed by atoms with van der Waals surface area (Å²) in [6.07, 6.45) is 0. The van der Waals surface area contributed by atoms with Crippen LogP contribution in [0.15, 0.2) is 24.3 Å². The predicted octanol–water partition coefficient (Wildman–Crippen LogP) is 1.13. The highest BCUT2D eigenvalue weighted by Gasteiger charge is 2.11. The van der Waals surface area contributed by atoms with E-state index < -0.39 is 0 Å². The van der Waals surface area contributed by atoms with Crippen LogP contribution in [0.4, 0.5) is 0 Å². The zero-order valence-electron chi connectivity index (χ0n) is 9.90. The molecule has 0 radical (unpaired) electrons. The molecule has 4 nitrogen and oxygen atoms in total. The molecule has 1 unspecified atom stereocenters. The number of aromatic hydroxyl groups is 1. The molecule has 0 spiro atoms. The number of nitrogens with zero attached hydrogens (tertiary/aromatic N) is 1. The number of phenolic OH excluding ortho intramolecular Hbond substituents is 1. The van der Waals surface area contributed by atoms with E-state index in [2.05, 4.69) is 5.32 Å². The lowest BCUT2D eigenvalue weighted by molar-refractivity contribution is -0.127. The number of carbonyl (C=O) groups excluding carboxylic acids is 1. The normalized spacial score (nSPS) is 12.2. The Kier molecular flexibility index (Phi) is 4.31. The maximum Gasteiger partial charge on any atom is 0.236 e. The lowest BCUT2D eigenvalue weighted by atomic mass is 10.1. The van der Waals surface area contributed by atoms with E-state index in [4.69, 9.17) is 0 Å². The Balaban J connectivity index is 2.56. The first-order valence-electron chi connectivity index (χ1n) is 5.23. The Morgan fingerprint density at radius 1 is 1.44 bits per heavy atom. The van der Waals surface area contributed by atoms with Gasteiger partial charge in [0.15, 0.2) is 0 Å². The Labute approximate surface area is 95.9 Å². The van der Waals surface area contributed by atoms with E-state index in [0.29, 0.717) is 0 Å². The standard InChI is InChI=1S/C12H18N2O2/c1-9(13-8-12(16)14(2)3)10-6-4-5-7-11(10)15/h4-7,9,13,15H,8H2,1-3H3. The van der Waals surface area contributed by atoms with Gasteiger partial charge in [-0.05, 0) is 13.0 Å². The molecule has 88 valence electrons. The van der Waals surface area contributed by atoms with Crippen molar-refractivity contribution in [2.45, 2.75) is 13.0 Å². The third kappa shape index (κ3) is 3.24. The summed E-state index contributed by atoms with van der Waals surface area (Å²) in [5.41, 5.74) is 0.800. The second kappa shape index (κ2) is 5.51. The molecule has 0 aliphatic rings. The van der Waals surface area contributed by atoms with E-state index in [0.717, 1.165) is 5.56 Å². The number of hydrogen-bond donors (Lipinski definition) is 2. The number of para-hydroxylation sites is 1. The summed E-state index contributed by atoms with van der Waals surface area (Å²) in [4.78, 5) is 12.9. The summed E-state index contributed by atoms with van der Waals surface area (Å²) in [5.74, 6) is 0.266. The van der Waals surface area contributed by atoms with Crippen molar-refractivity contribution >= 4 is 5.91 Å². The number of likely N-dealkylation sites (N-methyl/N-ethyl adjacent to an activating group) is 1. The fourth-order valence-electron chi connectivity index (χ4n) is 1.36. The molecule has 1 rings (SSSR count). The molecule has 1 amide bonds. The topological polar surface area (TPSA) is 52.6 Å². The largest absolute Gasteiger partial charge is 0.508 e. The minimum Gasteiger partial charge on any atom is -0.508 e. The number of benzene rings is 1. The van der Waals surface area contributed by atoms with Crippen molar-refractivity contribution in [1.82, 2.24) is 10.2 Å². The molecule has 0 heterocycles. The van der Waals surface area contributed by atoms with Gasteiger partial charge in [-0.25, -0.2) is 0 Å². The van der Waals surface area contributed by atoms with Crippen LogP contribution in [-0.2, 0) is 4.79 Å². The van der Waals surface area contributed by atoms with Crippen molar-refractivity contribution in [2.75, 3.05) is 20.6 Å². The van der Waals surface area contributed by atoms with Gasteiger partial charge in [0.2, 0.25) is 5.91 Å². The van der Waals surface area contributed by atoms with Crippen LogP contribution in [0.1, 0.15) is 18.5 Å². The van der Waals surface area contributed by atoms with Gasteiger partial charge < -0.3 is 15.3 Å². The molecule has 0 bridgehead atoms. The zero-order chi connectivity index (χ0) is 12.1. The van der Waals surface area contributed by atoms with Crippen LogP contribution in [0.5, 0.6) is 5.75 Å². The van der Waals surface area contributed by atoms with Crippen molar-refractivity contribution in [3.8, 4) is 5.75 Å². The average molecular weight is 222 g/mol. The maximum absolute atomic E-state index is 11.4. The number of nitrogens with one attached hydrogen (secondary N) is 1. The highest BCUT2D eigenvalue weighted by Crippen LogP contribution is 2.22. The second-order valence-corrected chi connectivity index (χ2v) is 3.95. The van der Waals surface area contributed by atoms with Crippen LogP contribution in [0.3, 0.4) is 0 Å². The lowest BCUT2D eigenvalue weighted by Gasteiger charge is -2.17. The predicted molar refractivity (Wildman–Crippen MR) is 63.2 cm³/mol. The van der Waals surface area contributed by atoms with Gasteiger partial charge >= 0.3 is 0 Å². The quantitative estimate of drug-likeness (QED) is 0.803. The molecule has 0 fully saturated rings. The third-order valence-electron chi connectivity index (χ3n) is 2.46. The molecule has 0 aliphatic heterocycles.